The van der Waals surface area contributed by atoms with Gasteiger partial charge in [-0.15, -0.1) is 0 Å². The summed E-state index contributed by atoms with van der Waals surface area (Å²) in [4.78, 5) is 37.3. The molecule has 8 nitrogen and oxygen atoms in total. The number of nitrogens with zero attached hydrogens (tertiary/aromatic N) is 2. The summed E-state index contributed by atoms with van der Waals surface area (Å²) >= 11 is 0. The number of ether oxygens (including phenoxy) is 2. The maximum Gasteiger partial charge on any atom is 0.314 e. The van der Waals surface area contributed by atoms with Crippen molar-refractivity contribution in [2.75, 3.05) is 20.2 Å². The lowest BCUT2D eigenvalue weighted by Gasteiger charge is -2.19. The van der Waals surface area contributed by atoms with Crippen molar-refractivity contribution >= 4 is 17.6 Å². The molecular weight excluding hydrogens is 376 g/mol. The standard InChI is InChI=1S/C21H22N2O6/c1-13-7-8-14(2)17(9-13)20(24)22-11-18(21(25)28-3)19(12-22)29-16-6-4-5-15(10-16)23(26)27/h4-10,18-19H,11-12H2,1-3H3/t18-,19-/m1/s1. The average molecular weight is 398 g/mol. The number of hydrogen-bond donors (Lipinski definition) is 0. The number of carbonyl (C=O) groups is 2. The summed E-state index contributed by atoms with van der Waals surface area (Å²) in [6.07, 6.45) is -0.668. The summed E-state index contributed by atoms with van der Waals surface area (Å²) in [5, 5.41) is 11.0. The van der Waals surface area contributed by atoms with Gasteiger partial charge in [0.2, 0.25) is 0 Å². The smallest absolute Gasteiger partial charge is 0.314 e. The van der Waals surface area contributed by atoms with Crippen molar-refractivity contribution < 1.29 is 24.0 Å². The Kier molecular flexibility index (Phi) is 5.81. The molecule has 1 heterocycles. The van der Waals surface area contributed by atoms with E-state index in [4.69, 9.17) is 9.47 Å². The third-order valence-electron chi connectivity index (χ3n) is 5.00. The first-order chi connectivity index (χ1) is 13.8. The molecule has 1 saturated heterocycles. The molecule has 0 bridgehead atoms. The van der Waals surface area contributed by atoms with Crippen LogP contribution in [0.4, 0.5) is 5.69 Å². The first kappa shape index (κ1) is 20.3. The molecular formula is C21H22N2O6. The number of rotatable bonds is 5. The van der Waals surface area contributed by atoms with Gasteiger partial charge in [0.1, 0.15) is 17.8 Å². The van der Waals surface area contributed by atoms with Gasteiger partial charge in [0, 0.05) is 18.2 Å². The Balaban J connectivity index is 1.84. The molecule has 0 aliphatic carbocycles. The molecule has 1 aliphatic heterocycles. The van der Waals surface area contributed by atoms with E-state index in [2.05, 4.69) is 0 Å². The van der Waals surface area contributed by atoms with Crippen LogP contribution in [0.1, 0.15) is 21.5 Å². The van der Waals surface area contributed by atoms with E-state index in [0.29, 0.717) is 5.56 Å². The molecule has 1 aliphatic rings. The lowest BCUT2D eigenvalue weighted by molar-refractivity contribution is -0.384. The molecule has 0 aromatic heterocycles. The highest BCUT2D eigenvalue weighted by Gasteiger charge is 2.42. The zero-order chi connectivity index (χ0) is 21.1. The topological polar surface area (TPSA) is 99.0 Å². The van der Waals surface area contributed by atoms with Crippen LogP contribution in [0.25, 0.3) is 0 Å². The van der Waals surface area contributed by atoms with Gasteiger partial charge in [0.15, 0.2) is 0 Å². The molecule has 0 unspecified atom stereocenters. The second-order valence-electron chi connectivity index (χ2n) is 7.07. The van der Waals surface area contributed by atoms with Crippen LogP contribution in [-0.2, 0) is 9.53 Å². The largest absolute Gasteiger partial charge is 0.487 e. The van der Waals surface area contributed by atoms with Gasteiger partial charge in [-0.2, -0.15) is 0 Å². The van der Waals surface area contributed by atoms with Crippen molar-refractivity contribution in [1.82, 2.24) is 4.90 Å². The molecule has 0 saturated carbocycles. The fourth-order valence-corrected chi connectivity index (χ4v) is 3.42. The van der Waals surface area contributed by atoms with Gasteiger partial charge >= 0.3 is 5.97 Å². The number of likely N-dealkylation sites (tertiary alicyclic amines) is 1. The van der Waals surface area contributed by atoms with Crippen LogP contribution in [0.2, 0.25) is 0 Å². The molecule has 2 aromatic rings. The van der Waals surface area contributed by atoms with E-state index in [1.54, 1.807) is 11.0 Å². The number of carbonyl (C=O) groups excluding carboxylic acids is 2. The van der Waals surface area contributed by atoms with E-state index in [9.17, 15) is 19.7 Å². The van der Waals surface area contributed by atoms with Gasteiger partial charge in [-0.3, -0.25) is 19.7 Å². The Labute approximate surface area is 168 Å². The minimum absolute atomic E-state index is 0.113. The molecule has 1 fully saturated rings. The van der Waals surface area contributed by atoms with Crippen LogP contribution in [-0.4, -0.2) is 48.0 Å². The molecule has 2 aromatic carbocycles. The van der Waals surface area contributed by atoms with E-state index in [-0.39, 0.29) is 30.4 Å². The second kappa shape index (κ2) is 8.30. The maximum atomic E-state index is 13.0. The van der Waals surface area contributed by atoms with E-state index >= 15 is 0 Å². The lowest BCUT2D eigenvalue weighted by Crippen LogP contribution is -2.32. The summed E-state index contributed by atoms with van der Waals surface area (Å²) in [7, 11) is 1.28. The van der Waals surface area contributed by atoms with E-state index in [1.165, 1.54) is 25.3 Å². The molecule has 2 atom stereocenters. The Bertz CT molecular complexity index is 958. The van der Waals surface area contributed by atoms with E-state index in [0.717, 1.165) is 11.1 Å². The molecule has 3 rings (SSSR count). The highest BCUT2D eigenvalue weighted by Crippen LogP contribution is 2.28. The molecule has 152 valence electrons. The van der Waals surface area contributed by atoms with Crippen molar-refractivity contribution in [2.45, 2.75) is 20.0 Å². The summed E-state index contributed by atoms with van der Waals surface area (Å²) in [6.45, 7) is 4.09. The average Bonchev–Trinajstić information content (AvgIpc) is 3.12. The van der Waals surface area contributed by atoms with Gasteiger partial charge in [0.25, 0.3) is 11.6 Å². The number of nitro groups is 1. The highest BCUT2D eigenvalue weighted by atomic mass is 16.6. The summed E-state index contributed by atoms with van der Waals surface area (Å²) in [6, 6.07) is 11.4. The van der Waals surface area contributed by atoms with E-state index in [1.807, 2.05) is 32.0 Å². The zero-order valence-electron chi connectivity index (χ0n) is 16.5. The fourth-order valence-electron chi connectivity index (χ4n) is 3.42. The summed E-state index contributed by atoms with van der Waals surface area (Å²) in [5.41, 5.74) is 2.27. The predicted octanol–water partition coefficient (Wildman–Crippen LogP) is 2.90. The summed E-state index contributed by atoms with van der Waals surface area (Å²) in [5.74, 6) is -1.10. The van der Waals surface area contributed by atoms with E-state index < -0.39 is 22.9 Å². The normalized spacial score (nSPS) is 18.4. The molecule has 0 radical (unpaired) electrons. The van der Waals surface area contributed by atoms with Gasteiger partial charge in [-0.25, -0.2) is 0 Å². The Morgan fingerprint density at radius 2 is 1.90 bits per heavy atom. The number of non-ortho nitro benzene ring substituents is 1. The van der Waals surface area contributed by atoms with Crippen LogP contribution in [0.5, 0.6) is 5.75 Å². The van der Waals surface area contributed by atoms with Crippen molar-refractivity contribution in [1.29, 1.82) is 0 Å². The quantitative estimate of drug-likeness (QED) is 0.436. The third kappa shape index (κ3) is 4.37. The van der Waals surface area contributed by atoms with Crippen LogP contribution in [0.3, 0.4) is 0 Å². The minimum atomic E-state index is -0.687. The van der Waals surface area contributed by atoms with Gasteiger partial charge in [-0.05, 0) is 31.5 Å². The molecule has 0 spiro atoms. The Morgan fingerprint density at radius 1 is 1.14 bits per heavy atom. The monoisotopic (exact) mass is 398 g/mol. The first-order valence-electron chi connectivity index (χ1n) is 9.15. The summed E-state index contributed by atoms with van der Waals surface area (Å²) < 4.78 is 10.7. The lowest BCUT2D eigenvalue weighted by atomic mass is 10.0. The number of nitro benzene ring substituents is 1. The number of benzene rings is 2. The predicted molar refractivity (Wildman–Crippen MR) is 105 cm³/mol. The molecule has 1 amide bonds. The molecule has 8 heteroatoms. The minimum Gasteiger partial charge on any atom is -0.487 e. The second-order valence-corrected chi connectivity index (χ2v) is 7.07. The van der Waals surface area contributed by atoms with Gasteiger partial charge in [-0.1, -0.05) is 23.8 Å². The van der Waals surface area contributed by atoms with Crippen LogP contribution in [0.15, 0.2) is 42.5 Å². The maximum absolute atomic E-state index is 13.0. The number of methoxy groups -OCH3 is 1. The zero-order valence-corrected chi connectivity index (χ0v) is 16.5. The van der Waals surface area contributed by atoms with Crippen LogP contribution in [0, 0.1) is 29.9 Å². The Hall–Kier alpha value is -3.42. The number of aryl methyl sites for hydroxylation is 2. The van der Waals surface area contributed by atoms with Gasteiger partial charge < -0.3 is 14.4 Å². The van der Waals surface area contributed by atoms with Crippen molar-refractivity contribution in [3.63, 3.8) is 0 Å². The number of amides is 1. The first-order valence-corrected chi connectivity index (χ1v) is 9.15. The number of hydrogen-bond acceptors (Lipinski definition) is 6. The van der Waals surface area contributed by atoms with Crippen LogP contribution >= 0.6 is 0 Å². The SMILES string of the molecule is COC(=O)[C@@H]1CN(C(=O)c2cc(C)ccc2C)C[C@H]1Oc1cccc([N+](=O)[O-])c1. The third-order valence-corrected chi connectivity index (χ3v) is 5.00. The number of esters is 1. The van der Waals surface area contributed by atoms with Crippen LogP contribution < -0.4 is 4.74 Å². The highest BCUT2D eigenvalue weighted by molar-refractivity contribution is 5.96. The fraction of sp³-hybridized carbons (Fsp3) is 0.333. The Morgan fingerprint density at radius 3 is 2.59 bits per heavy atom. The molecule has 29 heavy (non-hydrogen) atoms. The van der Waals surface area contributed by atoms with Crippen molar-refractivity contribution in [3.8, 4) is 5.75 Å². The van der Waals surface area contributed by atoms with Crippen molar-refractivity contribution in [3.05, 3.63) is 69.3 Å². The molecule has 0 N–H and O–H groups in total. The van der Waals surface area contributed by atoms with Crippen molar-refractivity contribution in [2.24, 2.45) is 5.92 Å². The van der Waals surface area contributed by atoms with Gasteiger partial charge in [0.05, 0.1) is 24.6 Å².